The topological polar surface area (TPSA) is 76.4 Å². The first-order valence-electron chi connectivity index (χ1n) is 10.1. The zero-order valence-electron chi connectivity index (χ0n) is 17.9. The summed E-state index contributed by atoms with van der Waals surface area (Å²) in [6, 6.07) is 6.28. The number of benzene rings is 1. The number of aryl methyl sites for hydroxylation is 2. The molecule has 0 radical (unpaired) electrons. The normalized spacial score (nSPS) is 11.5. The van der Waals surface area contributed by atoms with Crippen LogP contribution in [-0.2, 0) is 20.1 Å². The highest BCUT2D eigenvalue weighted by Crippen LogP contribution is 2.21. The van der Waals surface area contributed by atoms with Crippen LogP contribution in [0.4, 0.5) is 0 Å². The van der Waals surface area contributed by atoms with Gasteiger partial charge in [0.15, 0.2) is 11.8 Å². The van der Waals surface area contributed by atoms with Crippen LogP contribution in [0.2, 0.25) is 0 Å². The van der Waals surface area contributed by atoms with E-state index in [0.717, 1.165) is 54.7 Å². The Morgan fingerprint density at radius 2 is 1.96 bits per heavy atom. The van der Waals surface area contributed by atoms with E-state index in [4.69, 9.17) is 9.73 Å². The third-order valence-corrected chi connectivity index (χ3v) is 4.51. The predicted octanol–water partition coefficient (Wildman–Crippen LogP) is 3.26. The maximum Gasteiger partial charge on any atom is 0.191 e. The molecule has 1 aromatic carbocycles. The lowest BCUT2D eigenvalue weighted by atomic mass is 10.1. The highest BCUT2D eigenvalue weighted by atomic mass is 16.5. The molecule has 0 saturated heterocycles. The van der Waals surface area contributed by atoms with Gasteiger partial charge in [0, 0.05) is 19.2 Å². The molecule has 2 N–H and O–H groups in total. The zero-order valence-corrected chi connectivity index (χ0v) is 17.9. The molecule has 28 heavy (non-hydrogen) atoms. The fourth-order valence-electron chi connectivity index (χ4n) is 2.63. The van der Waals surface area contributed by atoms with Gasteiger partial charge >= 0.3 is 0 Å². The van der Waals surface area contributed by atoms with Crippen molar-refractivity contribution in [1.29, 1.82) is 0 Å². The summed E-state index contributed by atoms with van der Waals surface area (Å²) < 4.78 is 7.89. The Balaban J connectivity index is 2.09. The fraction of sp³-hybridized carbons (Fsp3) is 0.571. The predicted molar refractivity (Wildman–Crippen MR) is 114 cm³/mol. The Hall–Kier alpha value is -2.57. The van der Waals surface area contributed by atoms with Crippen LogP contribution in [0, 0.1) is 13.8 Å². The average Bonchev–Trinajstić information content (AvgIpc) is 3.01. The molecule has 0 amide bonds. The van der Waals surface area contributed by atoms with E-state index >= 15 is 0 Å². The van der Waals surface area contributed by atoms with Crippen LogP contribution >= 0.6 is 0 Å². The molecular weight excluding hydrogens is 352 g/mol. The molecule has 0 unspecified atom stereocenters. The third kappa shape index (κ3) is 6.55. The van der Waals surface area contributed by atoms with Crippen LogP contribution in [0.5, 0.6) is 5.75 Å². The van der Waals surface area contributed by atoms with E-state index in [1.54, 1.807) is 0 Å². The molecular formula is C21H34N6O. The van der Waals surface area contributed by atoms with E-state index in [1.807, 2.05) is 18.5 Å². The maximum absolute atomic E-state index is 5.91. The third-order valence-electron chi connectivity index (χ3n) is 4.51. The number of hydrogen-bond acceptors (Lipinski definition) is 4. The van der Waals surface area contributed by atoms with E-state index in [2.05, 4.69) is 59.8 Å². The summed E-state index contributed by atoms with van der Waals surface area (Å²) in [5, 5.41) is 15.1. The lowest BCUT2D eigenvalue weighted by Gasteiger charge is -2.14. The van der Waals surface area contributed by atoms with Crippen molar-refractivity contribution in [1.82, 2.24) is 25.4 Å². The number of unbranched alkanes of at least 4 members (excludes halogenated alkanes) is 1. The number of ether oxygens (including phenoxy) is 1. The summed E-state index contributed by atoms with van der Waals surface area (Å²) in [6.07, 6.45) is 3.22. The molecule has 2 rings (SSSR count). The van der Waals surface area contributed by atoms with Crippen molar-refractivity contribution in [2.24, 2.45) is 12.0 Å². The van der Waals surface area contributed by atoms with Gasteiger partial charge in [0.05, 0.1) is 19.7 Å². The largest absolute Gasteiger partial charge is 0.493 e. The molecule has 0 aliphatic carbocycles. The van der Waals surface area contributed by atoms with Gasteiger partial charge in [0.1, 0.15) is 11.6 Å². The maximum atomic E-state index is 5.91. The summed E-state index contributed by atoms with van der Waals surface area (Å²) in [5.74, 6) is 3.47. The molecule has 154 valence electrons. The first kappa shape index (κ1) is 21.7. The second-order valence-electron chi connectivity index (χ2n) is 6.98. The first-order valence-corrected chi connectivity index (χ1v) is 10.1. The molecule has 1 aromatic heterocycles. The quantitative estimate of drug-likeness (QED) is 0.372. The number of aromatic nitrogens is 3. The van der Waals surface area contributed by atoms with Crippen LogP contribution in [0.15, 0.2) is 23.2 Å². The van der Waals surface area contributed by atoms with Gasteiger partial charge < -0.3 is 19.9 Å². The minimum Gasteiger partial charge on any atom is -0.493 e. The Morgan fingerprint density at radius 1 is 1.14 bits per heavy atom. The van der Waals surface area contributed by atoms with Crippen molar-refractivity contribution in [2.45, 2.75) is 60.0 Å². The van der Waals surface area contributed by atoms with Crippen molar-refractivity contribution in [3.8, 4) is 5.75 Å². The monoisotopic (exact) mass is 386 g/mol. The van der Waals surface area contributed by atoms with E-state index in [0.29, 0.717) is 19.7 Å². The zero-order chi connectivity index (χ0) is 20.4. The average molecular weight is 387 g/mol. The first-order chi connectivity index (χ1) is 13.5. The molecule has 0 aliphatic rings. The van der Waals surface area contributed by atoms with Crippen LogP contribution in [-0.4, -0.2) is 33.9 Å². The minimum atomic E-state index is 0.554. The lowest BCUT2D eigenvalue weighted by Crippen LogP contribution is -2.38. The van der Waals surface area contributed by atoms with E-state index in [9.17, 15) is 0 Å². The Kier molecular flexibility index (Phi) is 8.78. The molecule has 0 spiro atoms. The van der Waals surface area contributed by atoms with E-state index in [-0.39, 0.29) is 0 Å². The van der Waals surface area contributed by atoms with Crippen molar-refractivity contribution in [3.05, 3.63) is 41.0 Å². The van der Waals surface area contributed by atoms with Crippen molar-refractivity contribution >= 4 is 5.96 Å². The number of nitrogens with one attached hydrogen (secondary N) is 2. The summed E-state index contributed by atoms with van der Waals surface area (Å²) in [6.45, 7) is 11.0. The van der Waals surface area contributed by atoms with Crippen LogP contribution in [0.25, 0.3) is 0 Å². The Bertz CT molecular complexity index is 768. The van der Waals surface area contributed by atoms with Gasteiger partial charge in [0.25, 0.3) is 0 Å². The van der Waals surface area contributed by atoms with Gasteiger partial charge in [-0.25, -0.2) is 4.99 Å². The van der Waals surface area contributed by atoms with Crippen molar-refractivity contribution in [2.75, 3.05) is 13.2 Å². The summed E-state index contributed by atoms with van der Waals surface area (Å²) in [5.41, 5.74) is 2.28. The molecule has 1 heterocycles. The number of hydrogen-bond donors (Lipinski definition) is 2. The van der Waals surface area contributed by atoms with Crippen molar-refractivity contribution < 1.29 is 4.74 Å². The second kappa shape index (κ2) is 11.3. The molecule has 0 atom stereocenters. The van der Waals surface area contributed by atoms with Gasteiger partial charge in [-0.2, -0.15) is 0 Å². The van der Waals surface area contributed by atoms with Gasteiger partial charge in [0.2, 0.25) is 0 Å². The second-order valence-corrected chi connectivity index (χ2v) is 6.98. The standard InChI is InChI=1S/C21H34N6O/c1-6-8-11-22-21(24-15-20-26-25-17(4)27(20)5)23-14-18-10-9-16(3)13-19(18)28-12-7-2/h9-10,13H,6-8,11-12,14-15H2,1-5H3,(H2,22,23,24). The lowest BCUT2D eigenvalue weighted by molar-refractivity contribution is 0.314. The number of aliphatic imine (C=N–C) groups is 1. The summed E-state index contributed by atoms with van der Waals surface area (Å²) >= 11 is 0. The van der Waals surface area contributed by atoms with Gasteiger partial charge in [-0.3, -0.25) is 0 Å². The van der Waals surface area contributed by atoms with Gasteiger partial charge in [-0.1, -0.05) is 32.4 Å². The fourth-order valence-corrected chi connectivity index (χ4v) is 2.63. The van der Waals surface area contributed by atoms with E-state index < -0.39 is 0 Å². The van der Waals surface area contributed by atoms with Crippen molar-refractivity contribution in [3.63, 3.8) is 0 Å². The molecule has 0 bridgehead atoms. The van der Waals surface area contributed by atoms with E-state index in [1.165, 1.54) is 5.56 Å². The number of rotatable bonds is 10. The number of nitrogens with zero attached hydrogens (tertiary/aromatic N) is 4. The van der Waals surface area contributed by atoms with Gasteiger partial charge in [-0.15, -0.1) is 10.2 Å². The van der Waals surface area contributed by atoms with Gasteiger partial charge in [-0.05, 0) is 38.3 Å². The minimum absolute atomic E-state index is 0.554. The summed E-state index contributed by atoms with van der Waals surface area (Å²) in [4.78, 5) is 4.77. The van der Waals surface area contributed by atoms with Crippen LogP contribution in [0.3, 0.4) is 0 Å². The molecule has 2 aromatic rings. The molecule has 7 heteroatoms. The Labute approximate surface area is 168 Å². The van der Waals surface area contributed by atoms with Crippen LogP contribution < -0.4 is 15.4 Å². The molecule has 0 fully saturated rings. The molecule has 0 aliphatic heterocycles. The molecule has 7 nitrogen and oxygen atoms in total. The Morgan fingerprint density at radius 3 is 2.64 bits per heavy atom. The highest BCUT2D eigenvalue weighted by Gasteiger charge is 2.08. The molecule has 0 saturated carbocycles. The van der Waals surface area contributed by atoms with Crippen LogP contribution in [0.1, 0.15) is 55.9 Å². The highest BCUT2D eigenvalue weighted by molar-refractivity contribution is 5.79. The summed E-state index contributed by atoms with van der Waals surface area (Å²) in [7, 11) is 1.97. The smallest absolute Gasteiger partial charge is 0.191 e. The SMILES string of the molecule is CCCCNC(=NCc1ccc(C)cc1OCCC)NCc1nnc(C)n1C. The number of guanidine groups is 1.